The number of nitrogens with zero attached hydrogens (tertiary/aromatic N) is 3. The summed E-state index contributed by atoms with van der Waals surface area (Å²) >= 11 is 0. The molecule has 0 aromatic carbocycles. The molecular weight excluding hydrogens is 650 g/mol. The van der Waals surface area contributed by atoms with E-state index in [1.165, 1.54) is 68.4 Å². The average molecular weight is 716 g/mol. The minimum Gasteiger partial charge on any atom is -0.347 e. The number of rotatable bonds is 12. The lowest BCUT2D eigenvalue weighted by atomic mass is 9.85. The lowest BCUT2D eigenvalue weighted by molar-refractivity contribution is -0.145. The van der Waals surface area contributed by atoms with Gasteiger partial charge in [-0.2, -0.15) is 0 Å². The summed E-state index contributed by atoms with van der Waals surface area (Å²) in [6, 6.07) is -2.80. The number of likely N-dealkylation sites (tertiary alicyclic amines) is 1. The Labute approximate surface area is 305 Å². The van der Waals surface area contributed by atoms with Crippen molar-refractivity contribution in [2.45, 2.75) is 163 Å². The lowest BCUT2D eigenvalue weighted by Crippen LogP contribution is -2.59. The summed E-state index contributed by atoms with van der Waals surface area (Å²) in [5.74, 6) is -3.51. The van der Waals surface area contributed by atoms with Gasteiger partial charge in [0.2, 0.25) is 23.5 Å². The van der Waals surface area contributed by atoms with E-state index in [1.807, 2.05) is 20.8 Å². The molecule has 3 aliphatic rings. The van der Waals surface area contributed by atoms with Crippen molar-refractivity contribution < 1.29 is 28.8 Å². The minimum absolute atomic E-state index is 0.0160. The van der Waals surface area contributed by atoms with E-state index in [-0.39, 0.29) is 18.3 Å². The van der Waals surface area contributed by atoms with E-state index < -0.39 is 58.9 Å². The van der Waals surface area contributed by atoms with Gasteiger partial charge in [-0.3, -0.25) is 33.8 Å². The number of amides is 5. The van der Waals surface area contributed by atoms with Gasteiger partial charge in [0.05, 0.1) is 18.8 Å². The second-order valence-corrected chi connectivity index (χ2v) is 14.1. The molecule has 3 unspecified atom stereocenters. The molecular formula is C38H65N7O6. The third-order valence-corrected chi connectivity index (χ3v) is 8.31. The molecule has 0 spiro atoms. The summed E-state index contributed by atoms with van der Waals surface area (Å²) < 4.78 is 0. The maximum absolute atomic E-state index is 13.7. The van der Waals surface area contributed by atoms with Crippen molar-refractivity contribution >= 4 is 35.3 Å². The van der Waals surface area contributed by atoms with Crippen LogP contribution in [0.4, 0.5) is 0 Å². The molecule has 5 amide bonds. The van der Waals surface area contributed by atoms with Crippen LogP contribution in [0.15, 0.2) is 18.6 Å². The molecule has 3 fully saturated rings. The van der Waals surface area contributed by atoms with E-state index in [9.17, 15) is 28.8 Å². The van der Waals surface area contributed by atoms with Crippen LogP contribution >= 0.6 is 0 Å². The van der Waals surface area contributed by atoms with Crippen LogP contribution in [0.25, 0.3) is 0 Å². The van der Waals surface area contributed by atoms with Crippen LogP contribution in [0.5, 0.6) is 0 Å². The molecule has 13 nitrogen and oxygen atoms in total. The first-order valence-corrected chi connectivity index (χ1v) is 19.1. The van der Waals surface area contributed by atoms with Gasteiger partial charge in [-0.05, 0) is 37.5 Å². The topological polar surface area (TPSA) is 180 Å². The van der Waals surface area contributed by atoms with Gasteiger partial charge in [0.1, 0.15) is 17.8 Å². The van der Waals surface area contributed by atoms with E-state index in [0.29, 0.717) is 32.2 Å². The van der Waals surface area contributed by atoms with E-state index in [4.69, 9.17) is 0 Å². The first-order chi connectivity index (χ1) is 24.3. The molecule has 2 heterocycles. The number of hydrogen-bond acceptors (Lipinski definition) is 8. The largest absolute Gasteiger partial charge is 0.347 e. The summed E-state index contributed by atoms with van der Waals surface area (Å²) in [6.07, 6.45) is 17.8. The van der Waals surface area contributed by atoms with Crippen LogP contribution in [0.3, 0.4) is 0 Å². The standard InChI is InChI=1S/C27H39N7O6.C6H12.C3H8.C2H6/c1-5-7-17(21(36)25(39)31-16-9-10-16)32-24(38)19-8-6-13-34(19)26(40)22(27(2,3)4)33-20(35)15-30-23(37)18-14-28-11-12-29-18;1-2-4-6-5-3-1;1-3-2;1-2/h11-12,14,16-17,19,22H,5-10,13,15H2,1-4H3,(H,30,37)(H,31,39)(H,32,38)(H,33,35);1-6H2;3H2,1-2H3;1-2H3. The molecule has 2 saturated carbocycles. The van der Waals surface area contributed by atoms with Crippen LogP contribution in [-0.4, -0.2) is 87.4 Å². The van der Waals surface area contributed by atoms with Crippen molar-refractivity contribution in [1.29, 1.82) is 0 Å². The second kappa shape index (κ2) is 24.3. The van der Waals surface area contributed by atoms with E-state index in [0.717, 1.165) is 12.8 Å². The van der Waals surface area contributed by atoms with Crippen LogP contribution in [0, 0.1) is 5.41 Å². The molecule has 288 valence electrons. The molecule has 13 heteroatoms. The van der Waals surface area contributed by atoms with Crippen LogP contribution in [0.1, 0.15) is 149 Å². The zero-order valence-electron chi connectivity index (χ0n) is 32.4. The van der Waals surface area contributed by atoms with Gasteiger partial charge in [-0.1, -0.05) is 107 Å². The van der Waals surface area contributed by atoms with Crippen LogP contribution in [0.2, 0.25) is 0 Å². The number of nitrogens with one attached hydrogen (secondary N) is 4. The first-order valence-electron chi connectivity index (χ1n) is 19.1. The smallest absolute Gasteiger partial charge is 0.289 e. The van der Waals surface area contributed by atoms with E-state index in [2.05, 4.69) is 45.1 Å². The van der Waals surface area contributed by atoms with Gasteiger partial charge in [0.15, 0.2) is 0 Å². The van der Waals surface area contributed by atoms with Gasteiger partial charge in [0.25, 0.3) is 11.8 Å². The number of carbonyl (C=O) groups excluding carboxylic acids is 6. The number of Topliss-reactive ketones (excluding diaryl/α,β-unsaturated/α-hetero) is 1. The molecule has 4 rings (SSSR count). The van der Waals surface area contributed by atoms with Crippen molar-refractivity contribution in [2.24, 2.45) is 5.41 Å². The van der Waals surface area contributed by atoms with Crippen molar-refractivity contribution in [3.63, 3.8) is 0 Å². The zero-order valence-corrected chi connectivity index (χ0v) is 32.4. The Morgan fingerprint density at radius 2 is 1.45 bits per heavy atom. The molecule has 3 atom stereocenters. The highest BCUT2D eigenvalue weighted by atomic mass is 16.2. The Hall–Kier alpha value is -3.90. The SMILES string of the molecule is C1CCCCC1.CC.CCC.CCCC(NC(=O)C1CCCN1C(=O)C(NC(=O)CNC(=O)c1cnccn1)C(C)(C)C)C(=O)C(=O)NC1CC1. The third-order valence-electron chi connectivity index (χ3n) is 8.31. The first kappa shape index (κ1) is 45.1. The zero-order chi connectivity index (χ0) is 38.4. The Kier molecular flexibility index (Phi) is 21.5. The van der Waals surface area contributed by atoms with Crippen molar-refractivity contribution in [3.05, 3.63) is 24.3 Å². The number of aromatic nitrogens is 2. The quantitative estimate of drug-likeness (QED) is 0.226. The second-order valence-electron chi connectivity index (χ2n) is 14.1. The predicted octanol–water partition coefficient (Wildman–Crippen LogP) is 4.64. The minimum atomic E-state index is -0.987. The summed E-state index contributed by atoms with van der Waals surface area (Å²) in [7, 11) is 0. The molecule has 51 heavy (non-hydrogen) atoms. The average Bonchev–Trinajstić information content (AvgIpc) is 3.81. The molecule has 4 N–H and O–H groups in total. The van der Waals surface area contributed by atoms with E-state index >= 15 is 0 Å². The van der Waals surface area contributed by atoms with Gasteiger partial charge in [-0.15, -0.1) is 0 Å². The highest BCUT2D eigenvalue weighted by molar-refractivity contribution is 6.38. The number of carbonyl (C=O) groups is 6. The molecule has 0 bridgehead atoms. The molecule has 2 aliphatic carbocycles. The maximum Gasteiger partial charge on any atom is 0.289 e. The Morgan fingerprint density at radius 1 is 0.863 bits per heavy atom. The van der Waals surface area contributed by atoms with Gasteiger partial charge >= 0.3 is 0 Å². The number of ketones is 1. The molecule has 1 aromatic heterocycles. The summed E-state index contributed by atoms with van der Waals surface area (Å²) in [5, 5.41) is 10.5. The fourth-order valence-electron chi connectivity index (χ4n) is 5.53. The maximum atomic E-state index is 13.7. The lowest BCUT2D eigenvalue weighted by Gasteiger charge is -2.35. The summed E-state index contributed by atoms with van der Waals surface area (Å²) in [5.41, 5.74) is -0.665. The molecule has 1 aliphatic heterocycles. The molecule has 1 saturated heterocycles. The number of hydrogen-bond donors (Lipinski definition) is 4. The van der Waals surface area contributed by atoms with Crippen LogP contribution < -0.4 is 21.3 Å². The summed E-state index contributed by atoms with van der Waals surface area (Å²) in [6.45, 7) is 15.4. The Bertz CT molecular complexity index is 1220. The predicted molar refractivity (Wildman–Crippen MR) is 199 cm³/mol. The Morgan fingerprint density at radius 3 is 1.94 bits per heavy atom. The van der Waals surface area contributed by atoms with Crippen molar-refractivity contribution in [2.75, 3.05) is 13.1 Å². The molecule has 1 aromatic rings. The van der Waals surface area contributed by atoms with Crippen molar-refractivity contribution in [3.8, 4) is 0 Å². The highest BCUT2D eigenvalue weighted by Gasteiger charge is 2.43. The van der Waals surface area contributed by atoms with Gasteiger partial charge in [-0.25, -0.2) is 4.98 Å². The van der Waals surface area contributed by atoms with Gasteiger partial charge in [0, 0.05) is 25.0 Å². The fraction of sp³-hybridized carbons (Fsp3) is 0.737. The highest BCUT2D eigenvalue weighted by Crippen LogP contribution is 2.26. The monoisotopic (exact) mass is 715 g/mol. The molecule has 0 radical (unpaired) electrons. The Balaban J connectivity index is 0.00000102. The van der Waals surface area contributed by atoms with Crippen molar-refractivity contribution in [1.82, 2.24) is 36.1 Å². The normalized spacial score (nSPS) is 17.6. The van der Waals surface area contributed by atoms with Gasteiger partial charge < -0.3 is 26.2 Å². The van der Waals surface area contributed by atoms with E-state index in [1.54, 1.807) is 20.8 Å². The van der Waals surface area contributed by atoms with Crippen LogP contribution in [-0.2, 0) is 24.0 Å². The fourth-order valence-corrected chi connectivity index (χ4v) is 5.53. The third kappa shape index (κ3) is 16.8. The summed E-state index contributed by atoms with van der Waals surface area (Å²) in [4.78, 5) is 86.0.